The van der Waals surface area contributed by atoms with Crippen LogP contribution in [0, 0.1) is 48.5 Å². The topological polar surface area (TPSA) is 144 Å². The van der Waals surface area contributed by atoms with E-state index >= 15 is 0 Å². The lowest BCUT2D eigenvalue weighted by molar-refractivity contribution is 0.389. The van der Waals surface area contributed by atoms with Gasteiger partial charge in [-0.25, -0.2) is 14.6 Å². The second-order valence-corrected chi connectivity index (χ2v) is 6.37. The minimum atomic E-state index is 0.623. The summed E-state index contributed by atoms with van der Waals surface area (Å²) in [4.78, 5) is 12.0. The Labute approximate surface area is 175 Å². The summed E-state index contributed by atoms with van der Waals surface area (Å²) in [5.41, 5.74) is 0. The third kappa shape index (κ3) is 8.67. The molecule has 164 valence electrons. The van der Waals surface area contributed by atoms with Crippen molar-refractivity contribution in [1.82, 2.24) is 59.9 Å². The maximum absolute atomic E-state index is 4.60. The highest BCUT2D eigenvalue weighted by Gasteiger charge is 1.94. The SMILES string of the molecule is Cc1nc(C)n(C)n1.Cc1nc(C)n(C)n1.Cc1nnnn1C.Cc1noc(C)n1. The maximum atomic E-state index is 4.60. The lowest BCUT2D eigenvalue weighted by Crippen LogP contribution is -1.92. The van der Waals surface area contributed by atoms with E-state index in [9.17, 15) is 0 Å². The van der Waals surface area contributed by atoms with E-state index in [-0.39, 0.29) is 0 Å². The number of rotatable bonds is 0. The van der Waals surface area contributed by atoms with Crippen molar-refractivity contribution in [1.29, 1.82) is 0 Å². The molecule has 0 aliphatic rings. The highest BCUT2D eigenvalue weighted by Crippen LogP contribution is 1.91. The van der Waals surface area contributed by atoms with Gasteiger partial charge in [-0.2, -0.15) is 15.2 Å². The van der Waals surface area contributed by atoms with E-state index in [1.165, 1.54) is 0 Å². The van der Waals surface area contributed by atoms with Gasteiger partial charge in [-0.1, -0.05) is 5.16 Å². The Kier molecular flexibility index (Phi) is 9.39. The van der Waals surface area contributed by atoms with Gasteiger partial charge in [0, 0.05) is 28.1 Å². The molecular formula is C17H30N12O. The average molecular weight is 419 g/mol. The van der Waals surface area contributed by atoms with Gasteiger partial charge in [-0.3, -0.25) is 9.36 Å². The first-order chi connectivity index (χ1) is 14.0. The molecule has 4 heterocycles. The molecule has 0 saturated carbocycles. The average Bonchev–Trinajstić information content (AvgIpc) is 3.37. The quantitative estimate of drug-likeness (QED) is 0.406. The van der Waals surface area contributed by atoms with Crippen molar-refractivity contribution in [3.05, 3.63) is 40.8 Å². The van der Waals surface area contributed by atoms with Crippen molar-refractivity contribution >= 4 is 0 Å². The molecule has 0 aliphatic heterocycles. The Morgan fingerprint density at radius 1 is 0.600 bits per heavy atom. The smallest absolute Gasteiger partial charge is 0.223 e. The van der Waals surface area contributed by atoms with E-state index < -0.39 is 0 Å². The molecule has 0 aromatic carbocycles. The number of aromatic nitrogens is 12. The normalized spacial score (nSPS) is 9.67. The molecular weight excluding hydrogens is 388 g/mol. The molecule has 0 radical (unpaired) electrons. The second-order valence-electron chi connectivity index (χ2n) is 6.37. The van der Waals surface area contributed by atoms with Crippen LogP contribution in [-0.4, -0.2) is 59.9 Å². The van der Waals surface area contributed by atoms with Crippen LogP contribution < -0.4 is 0 Å². The van der Waals surface area contributed by atoms with Crippen LogP contribution in [-0.2, 0) is 21.1 Å². The fourth-order valence-electron chi connectivity index (χ4n) is 1.91. The Balaban J connectivity index is 0.000000200. The Morgan fingerprint density at radius 3 is 1.20 bits per heavy atom. The molecule has 0 fully saturated rings. The second kappa shape index (κ2) is 11.5. The van der Waals surface area contributed by atoms with Gasteiger partial charge in [-0.05, 0) is 52.0 Å². The first kappa shape index (κ1) is 24.5. The standard InChI is InChI=1S/2C5H9N3.C4H6N2O.C3H6N4/c2*1-4-6-5(2)8(3)7-4;1-3-5-4(2)7-6-3;1-3-4-5-6-7(3)2/h2*1-3H3;2*1-2H3. The van der Waals surface area contributed by atoms with Crippen molar-refractivity contribution in [2.24, 2.45) is 21.1 Å². The molecule has 0 unspecified atom stereocenters. The van der Waals surface area contributed by atoms with Gasteiger partial charge in [0.1, 0.15) is 29.1 Å². The highest BCUT2D eigenvalue weighted by molar-refractivity contribution is 4.86. The minimum absolute atomic E-state index is 0.623. The van der Waals surface area contributed by atoms with Crippen LogP contribution >= 0.6 is 0 Å². The van der Waals surface area contributed by atoms with Gasteiger partial charge in [0.2, 0.25) is 5.89 Å². The molecule has 0 saturated heterocycles. The zero-order chi connectivity index (χ0) is 22.8. The van der Waals surface area contributed by atoms with Gasteiger partial charge in [0.05, 0.1) is 0 Å². The van der Waals surface area contributed by atoms with E-state index in [2.05, 4.69) is 50.4 Å². The van der Waals surface area contributed by atoms with E-state index in [0.29, 0.717) is 11.7 Å². The zero-order valence-corrected chi connectivity index (χ0v) is 19.3. The number of tetrazole rings is 1. The third-order valence-corrected chi connectivity index (χ3v) is 3.63. The van der Waals surface area contributed by atoms with Crippen LogP contribution in [0.2, 0.25) is 0 Å². The fourth-order valence-corrected chi connectivity index (χ4v) is 1.91. The molecule has 4 rings (SSSR count). The lowest BCUT2D eigenvalue weighted by Gasteiger charge is -1.84. The van der Waals surface area contributed by atoms with Gasteiger partial charge in [0.15, 0.2) is 5.82 Å². The molecule has 4 aromatic rings. The van der Waals surface area contributed by atoms with Gasteiger partial charge in [0.25, 0.3) is 0 Å². The fraction of sp³-hybridized carbons (Fsp3) is 0.588. The molecule has 30 heavy (non-hydrogen) atoms. The predicted octanol–water partition coefficient (Wildman–Crippen LogP) is 1.07. The number of nitrogens with zero attached hydrogens (tertiary/aromatic N) is 12. The van der Waals surface area contributed by atoms with Crippen LogP contribution in [0.5, 0.6) is 0 Å². The molecule has 0 spiro atoms. The third-order valence-electron chi connectivity index (χ3n) is 3.63. The summed E-state index contributed by atoms with van der Waals surface area (Å²) in [5, 5.41) is 22.1. The predicted molar refractivity (Wildman–Crippen MR) is 108 cm³/mol. The molecule has 4 aromatic heterocycles. The summed E-state index contributed by atoms with van der Waals surface area (Å²) >= 11 is 0. The lowest BCUT2D eigenvalue weighted by atomic mass is 10.7. The molecule has 0 N–H and O–H groups in total. The maximum Gasteiger partial charge on any atom is 0.223 e. The number of hydrogen-bond donors (Lipinski definition) is 0. The van der Waals surface area contributed by atoms with Crippen LogP contribution in [0.3, 0.4) is 0 Å². The van der Waals surface area contributed by atoms with E-state index in [1.807, 2.05) is 48.7 Å². The summed E-state index contributed by atoms with van der Waals surface area (Å²) in [6.45, 7) is 13.0. The van der Waals surface area contributed by atoms with Crippen LogP contribution in [0.15, 0.2) is 4.52 Å². The summed E-state index contributed by atoms with van der Waals surface area (Å²) < 4.78 is 9.73. The molecule has 0 amide bonds. The van der Waals surface area contributed by atoms with Crippen LogP contribution in [0.1, 0.15) is 40.8 Å². The van der Waals surface area contributed by atoms with Crippen LogP contribution in [0.4, 0.5) is 0 Å². The van der Waals surface area contributed by atoms with E-state index in [0.717, 1.165) is 29.1 Å². The minimum Gasteiger partial charge on any atom is -0.340 e. The zero-order valence-electron chi connectivity index (χ0n) is 19.3. The van der Waals surface area contributed by atoms with Crippen molar-refractivity contribution in [2.45, 2.75) is 48.5 Å². The summed E-state index contributed by atoms with van der Waals surface area (Å²) in [6.07, 6.45) is 0. The largest absolute Gasteiger partial charge is 0.340 e. The molecule has 0 atom stereocenters. The first-order valence-corrected chi connectivity index (χ1v) is 9.14. The number of hydrogen-bond acceptors (Lipinski definition) is 10. The monoisotopic (exact) mass is 418 g/mol. The molecule has 13 heteroatoms. The van der Waals surface area contributed by atoms with E-state index in [4.69, 9.17) is 0 Å². The number of aryl methyl sites for hydroxylation is 10. The van der Waals surface area contributed by atoms with Gasteiger partial charge < -0.3 is 4.52 Å². The van der Waals surface area contributed by atoms with Crippen LogP contribution in [0.25, 0.3) is 0 Å². The summed E-state index contributed by atoms with van der Waals surface area (Å²) in [5.74, 6) is 5.75. The Morgan fingerprint density at radius 2 is 1.10 bits per heavy atom. The van der Waals surface area contributed by atoms with Crippen molar-refractivity contribution < 1.29 is 4.52 Å². The van der Waals surface area contributed by atoms with Gasteiger partial charge >= 0.3 is 0 Å². The highest BCUT2D eigenvalue weighted by atomic mass is 16.5. The Hall–Kier alpha value is -3.51. The first-order valence-electron chi connectivity index (χ1n) is 9.14. The Bertz CT molecular complexity index is 909. The van der Waals surface area contributed by atoms with Gasteiger partial charge in [-0.15, -0.1) is 5.10 Å². The summed E-state index contributed by atoms with van der Waals surface area (Å²) in [7, 11) is 5.57. The van der Waals surface area contributed by atoms with Crippen molar-refractivity contribution in [3.63, 3.8) is 0 Å². The van der Waals surface area contributed by atoms with Crippen molar-refractivity contribution in [2.75, 3.05) is 0 Å². The molecule has 13 nitrogen and oxygen atoms in total. The molecule has 0 bridgehead atoms. The van der Waals surface area contributed by atoms with Crippen molar-refractivity contribution in [3.8, 4) is 0 Å². The van der Waals surface area contributed by atoms with E-state index in [1.54, 1.807) is 34.9 Å². The summed E-state index contributed by atoms with van der Waals surface area (Å²) in [6, 6.07) is 0. The molecule has 0 aliphatic carbocycles.